The van der Waals surface area contributed by atoms with E-state index in [0.29, 0.717) is 29.8 Å². The Morgan fingerprint density at radius 2 is 1.85 bits per heavy atom. The lowest BCUT2D eigenvalue weighted by atomic mass is 9.99. The van der Waals surface area contributed by atoms with Gasteiger partial charge in [0.2, 0.25) is 5.91 Å². The number of ether oxygens (including phenoxy) is 1. The van der Waals surface area contributed by atoms with Crippen LogP contribution in [-0.2, 0) is 9.53 Å². The van der Waals surface area contributed by atoms with Crippen LogP contribution < -0.4 is 0 Å². The van der Waals surface area contributed by atoms with E-state index in [2.05, 4.69) is 11.6 Å². The zero-order valence-electron chi connectivity index (χ0n) is 16.6. The van der Waals surface area contributed by atoms with Gasteiger partial charge in [-0.15, -0.1) is 6.58 Å². The number of Topliss-reactive ketones (excluding diaryl/α,β-unsaturated/α-hetero) is 1. The van der Waals surface area contributed by atoms with Gasteiger partial charge in [-0.05, 0) is 39.2 Å². The van der Waals surface area contributed by atoms with Crippen molar-refractivity contribution in [1.29, 1.82) is 0 Å². The van der Waals surface area contributed by atoms with E-state index >= 15 is 0 Å². The second-order valence-electron chi connectivity index (χ2n) is 6.82. The summed E-state index contributed by atoms with van der Waals surface area (Å²) in [6.45, 7) is 15.0. The summed E-state index contributed by atoms with van der Waals surface area (Å²) in [5.74, 6) is -0.579. The monoisotopic (exact) mass is 362 g/mol. The lowest BCUT2D eigenvalue weighted by molar-refractivity contribution is -0.132. The van der Waals surface area contributed by atoms with Crippen molar-refractivity contribution in [3.63, 3.8) is 0 Å². The largest absolute Gasteiger partial charge is 0.461 e. The predicted octanol–water partition coefficient (Wildman–Crippen LogP) is 3.44. The SMILES string of the molecule is C=CCN(C(=O)CC(C)C)C(C)C(=O)c1c(C)[nH]c(C(=O)OCC)c1C. The van der Waals surface area contributed by atoms with Gasteiger partial charge in [-0.2, -0.15) is 0 Å². The molecule has 0 spiro atoms. The third-order valence-corrected chi connectivity index (χ3v) is 4.24. The molecule has 0 aromatic carbocycles. The van der Waals surface area contributed by atoms with Crippen LogP contribution in [0.25, 0.3) is 0 Å². The van der Waals surface area contributed by atoms with Crippen LogP contribution in [0.2, 0.25) is 0 Å². The van der Waals surface area contributed by atoms with Crippen LogP contribution in [0.15, 0.2) is 12.7 Å². The number of nitrogens with one attached hydrogen (secondary N) is 1. The fraction of sp³-hybridized carbons (Fsp3) is 0.550. The Labute approximate surface area is 155 Å². The maximum atomic E-state index is 13.1. The molecule has 0 radical (unpaired) electrons. The van der Waals surface area contributed by atoms with E-state index in [1.165, 1.54) is 4.90 Å². The third kappa shape index (κ3) is 4.84. The molecule has 144 valence electrons. The summed E-state index contributed by atoms with van der Waals surface area (Å²) in [6.07, 6.45) is 1.98. The molecule has 0 fully saturated rings. The Morgan fingerprint density at radius 3 is 2.35 bits per heavy atom. The molecule has 0 saturated carbocycles. The van der Waals surface area contributed by atoms with Gasteiger partial charge in [-0.1, -0.05) is 19.9 Å². The van der Waals surface area contributed by atoms with Gasteiger partial charge in [0.1, 0.15) is 5.69 Å². The molecule has 1 aromatic rings. The molecule has 1 aromatic heterocycles. The molecule has 1 unspecified atom stereocenters. The van der Waals surface area contributed by atoms with Gasteiger partial charge in [0, 0.05) is 24.2 Å². The average molecular weight is 362 g/mol. The predicted molar refractivity (Wildman–Crippen MR) is 101 cm³/mol. The minimum atomic E-state index is -0.650. The maximum absolute atomic E-state index is 13.1. The molecular weight excluding hydrogens is 332 g/mol. The minimum absolute atomic E-state index is 0.0859. The number of nitrogens with zero attached hydrogens (tertiary/aromatic N) is 1. The normalized spacial score (nSPS) is 12.0. The highest BCUT2D eigenvalue weighted by molar-refractivity contribution is 6.06. The van der Waals surface area contributed by atoms with Crippen LogP contribution in [0.5, 0.6) is 0 Å². The van der Waals surface area contributed by atoms with E-state index in [9.17, 15) is 14.4 Å². The number of aromatic nitrogens is 1. The lowest BCUT2D eigenvalue weighted by Crippen LogP contribution is -2.44. The van der Waals surface area contributed by atoms with Crippen LogP contribution in [0.4, 0.5) is 0 Å². The van der Waals surface area contributed by atoms with Crippen molar-refractivity contribution in [2.75, 3.05) is 13.2 Å². The van der Waals surface area contributed by atoms with E-state index in [1.54, 1.807) is 33.8 Å². The maximum Gasteiger partial charge on any atom is 0.355 e. The van der Waals surface area contributed by atoms with E-state index in [4.69, 9.17) is 4.74 Å². The van der Waals surface area contributed by atoms with E-state index in [-0.39, 0.29) is 29.9 Å². The average Bonchev–Trinajstić information content (AvgIpc) is 2.85. The van der Waals surface area contributed by atoms with Crippen molar-refractivity contribution in [3.05, 3.63) is 35.2 Å². The first kappa shape index (κ1) is 21.7. The summed E-state index contributed by atoms with van der Waals surface area (Å²) in [7, 11) is 0. The number of ketones is 1. The molecule has 1 N–H and O–H groups in total. The van der Waals surface area contributed by atoms with Crippen molar-refractivity contribution in [2.24, 2.45) is 5.92 Å². The molecule has 26 heavy (non-hydrogen) atoms. The van der Waals surface area contributed by atoms with Crippen LogP contribution in [0.3, 0.4) is 0 Å². The van der Waals surface area contributed by atoms with E-state index in [1.807, 2.05) is 13.8 Å². The van der Waals surface area contributed by atoms with Crippen LogP contribution >= 0.6 is 0 Å². The van der Waals surface area contributed by atoms with Crippen molar-refractivity contribution in [3.8, 4) is 0 Å². The highest BCUT2D eigenvalue weighted by Gasteiger charge is 2.30. The van der Waals surface area contributed by atoms with Gasteiger partial charge in [0.15, 0.2) is 5.78 Å². The molecule has 6 heteroatoms. The number of rotatable bonds is 9. The Morgan fingerprint density at radius 1 is 1.23 bits per heavy atom. The van der Waals surface area contributed by atoms with Gasteiger partial charge in [0.05, 0.1) is 12.6 Å². The second-order valence-corrected chi connectivity index (χ2v) is 6.82. The standard InChI is InChI=1S/C20H30N2O4/c1-8-10-22(16(23)11-12(3)4)15(7)19(24)17-13(5)18(21-14(17)6)20(25)26-9-2/h8,12,15,21H,1,9-11H2,2-7H3. The fourth-order valence-electron chi connectivity index (χ4n) is 2.96. The summed E-state index contributed by atoms with van der Waals surface area (Å²) >= 11 is 0. The lowest BCUT2D eigenvalue weighted by Gasteiger charge is -2.28. The number of esters is 1. The van der Waals surface area contributed by atoms with Gasteiger partial charge >= 0.3 is 5.97 Å². The molecule has 1 amide bonds. The molecule has 1 rings (SSSR count). The molecule has 0 aliphatic heterocycles. The van der Waals surface area contributed by atoms with Crippen molar-refractivity contribution < 1.29 is 19.1 Å². The topological polar surface area (TPSA) is 79.5 Å². The van der Waals surface area contributed by atoms with E-state index in [0.717, 1.165) is 0 Å². The number of carbonyl (C=O) groups is 3. The Hall–Kier alpha value is -2.37. The smallest absolute Gasteiger partial charge is 0.355 e. The molecule has 0 aliphatic carbocycles. The number of carbonyl (C=O) groups excluding carboxylic acids is 3. The van der Waals surface area contributed by atoms with Crippen LogP contribution in [0, 0.1) is 19.8 Å². The number of aromatic amines is 1. The summed E-state index contributed by atoms with van der Waals surface area (Å²) in [4.78, 5) is 42.1. The molecular formula is C20H30N2O4. The van der Waals surface area contributed by atoms with Gasteiger partial charge in [-0.25, -0.2) is 4.79 Å². The molecule has 0 saturated heterocycles. The summed E-state index contributed by atoms with van der Waals surface area (Å²) in [5, 5.41) is 0. The number of hydrogen-bond acceptors (Lipinski definition) is 4. The molecule has 1 heterocycles. The number of aryl methyl sites for hydroxylation is 1. The quantitative estimate of drug-likeness (QED) is 0.415. The first-order valence-corrected chi connectivity index (χ1v) is 8.96. The summed E-state index contributed by atoms with van der Waals surface area (Å²) in [5.41, 5.74) is 1.86. The number of H-pyrrole nitrogens is 1. The molecule has 0 bridgehead atoms. The highest BCUT2D eigenvalue weighted by atomic mass is 16.5. The van der Waals surface area contributed by atoms with Gasteiger partial charge < -0.3 is 14.6 Å². The minimum Gasteiger partial charge on any atom is -0.461 e. The van der Waals surface area contributed by atoms with Crippen LogP contribution in [-0.4, -0.2) is 46.7 Å². The zero-order chi connectivity index (χ0) is 20.0. The zero-order valence-corrected chi connectivity index (χ0v) is 16.6. The van der Waals surface area contributed by atoms with Crippen molar-refractivity contribution in [2.45, 2.75) is 54.0 Å². The van der Waals surface area contributed by atoms with Gasteiger partial charge in [0.25, 0.3) is 0 Å². The van der Waals surface area contributed by atoms with Crippen molar-refractivity contribution in [1.82, 2.24) is 9.88 Å². The Kier molecular flexibility index (Phi) is 7.80. The Balaban J connectivity index is 3.18. The molecule has 6 nitrogen and oxygen atoms in total. The third-order valence-electron chi connectivity index (χ3n) is 4.24. The first-order valence-electron chi connectivity index (χ1n) is 8.96. The summed E-state index contributed by atoms with van der Waals surface area (Å²) in [6, 6.07) is -0.650. The fourth-order valence-corrected chi connectivity index (χ4v) is 2.96. The second kappa shape index (κ2) is 9.36. The van der Waals surface area contributed by atoms with Crippen molar-refractivity contribution >= 4 is 17.7 Å². The van der Waals surface area contributed by atoms with Gasteiger partial charge in [-0.3, -0.25) is 9.59 Å². The molecule has 1 atom stereocenters. The summed E-state index contributed by atoms with van der Waals surface area (Å²) < 4.78 is 5.03. The molecule has 0 aliphatic rings. The number of amides is 1. The highest BCUT2D eigenvalue weighted by Crippen LogP contribution is 2.22. The van der Waals surface area contributed by atoms with Crippen LogP contribution in [0.1, 0.15) is 66.2 Å². The van der Waals surface area contributed by atoms with E-state index < -0.39 is 12.0 Å². The Bertz CT molecular complexity index is 688. The number of hydrogen-bond donors (Lipinski definition) is 1. The first-order chi connectivity index (χ1) is 12.1.